The van der Waals surface area contributed by atoms with E-state index in [-0.39, 0.29) is 0 Å². The highest BCUT2D eigenvalue weighted by atomic mass is 32.1. The lowest BCUT2D eigenvalue weighted by Crippen LogP contribution is -2.07. The molecule has 0 saturated carbocycles. The number of ether oxygens (including phenoxy) is 3. The van der Waals surface area contributed by atoms with E-state index in [1.165, 1.54) is 19.3 Å². The molecule has 27 heavy (non-hydrogen) atoms. The zero-order valence-corrected chi connectivity index (χ0v) is 17.4. The van der Waals surface area contributed by atoms with Crippen molar-refractivity contribution in [1.29, 1.82) is 0 Å². The number of benzene rings is 1. The van der Waals surface area contributed by atoms with Gasteiger partial charge in [-0.05, 0) is 24.6 Å². The van der Waals surface area contributed by atoms with Crippen LogP contribution in [0.15, 0.2) is 18.2 Å². The van der Waals surface area contributed by atoms with E-state index in [1.54, 1.807) is 21.3 Å². The van der Waals surface area contributed by atoms with Crippen LogP contribution in [0.4, 0.5) is 0 Å². The number of aromatic nitrogens is 2. The lowest BCUT2D eigenvalue weighted by molar-refractivity contribution is 0.325. The van der Waals surface area contributed by atoms with Crippen molar-refractivity contribution in [2.75, 3.05) is 21.3 Å². The molecule has 2 aromatic rings. The summed E-state index contributed by atoms with van der Waals surface area (Å²) in [6.45, 7) is 2.76. The van der Waals surface area contributed by atoms with Crippen LogP contribution in [0.3, 0.4) is 0 Å². The maximum atomic E-state index is 5.62. The molecule has 0 aliphatic rings. The second kappa shape index (κ2) is 11.0. The first-order valence-corrected chi connectivity index (χ1v) is 9.66. The molecule has 0 amide bonds. The third-order valence-corrected chi connectivity index (χ3v) is 4.48. The Bertz CT molecular complexity index is 741. The topological polar surface area (TPSA) is 65.5 Å². The molecular weight excluding hydrogens is 362 g/mol. The van der Waals surface area contributed by atoms with Crippen LogP contribution in [0, 0.1) is 0 Å². The van der Waals surface area contributed by atoms with Gasteiger partial charge in [0.2, 0.25) is 5.75 Å². The van der Waals surface area contributed by atoms with Crippen molar-refractivity contribution >= 4 is 12.8 Å². The Labute approximate surface area is 167 Å². The van der Waals surface area contributed by atoms with Crippen LogP contribution in [0.5, 0.6) is 17.2 Å². The van der Waals surface area contributed by atoms with E-state index >= 15 is 0 Å². The van der Waals surface area contributed by atoms with Gasteiger partial charge < -0.3 is 14.2 Å². The molecule has 0 atom stereocenters. The van der Waals surface area contributed by atoms with Crippen LogP contribution < -0.4 is 18.9 Å². The summed E-state index contributed by atoms with van der Waals surface area (Å²) >= 11 is 4.11. The van der Waals surface area contributed by atoms with E-state index < -0.39 is 0 Å². The van der Waals surface area contributed by atoms with E-state index in [9.17, 15) is 0 Å². The van der Waals surface area contributed by atoms with Gasteiger partial charge in [0.25, 0.3) is 0 Å². The average molecular weight is 392 g/mol. The number of hydrogen-bond acceptors (Lipinski definition) is 7. The summed E-state index contributed by atoms with van der Waals surface area (Å²) in [4.78, 5) is 9.44. The van der Waals surface area contributed by atoms with Gasteiger partial charge >= 0.3 is 0 Å². The zero-order chi connectivity index (χ0) is 19.6. The Hall–Kier alpha value is -1.99. The highest BCUT2D eigenvalue weighted by molar-refractivity contribution is 7.78. The molecule has 7 heteroatoms. The van der Waals surface area contributed by atoms with Crippen LogP contribution in [-0.2, 0) is 13.0 Å². The average Bonchev–Trinajstić information content (AvgIpc) is 2.70. The maximum Gasteiger partial charge on any atom is 0.203 e. The van der Waals surface area contributed by atoms with Gasteiger partial charge in [-0.15, -0.1) is 0 Å². The van der Waals surface area contributed by atoms with E-state index in [0.29, 0.717) is 23.8 Å². The fourth-order valence-corrected chi connectivity index (χ4v) is 3.15. The molecule has 0 spiro atoms. The van der Waals surface area contributed by atoms with Gasteiger partial charge in [-0.1, -0.05) is 39.0 Å². The lowest BCUT2D eigenvalue weighted by atomic mass is 10.1. The summed E-state index contributed by atoms with van der Waals surface area (Å²) in [5.41, 5.74) is 2.52. The highest BCUT2D eigenvalue weighted by Crippen LogP contribution is 2.43. The molecule has 1 aromatic carbocycles. The van der Waals surface area contributed by atoms with Gasteiger partial charge in [0.15, 0.2) is 11.5 Å². The molecule has 1 N–H and O–H groups in total. The third-order valence-electron chi connectivity index (χ3n) is 4.32. The second-order valence-corrected chi connectivity index (χ2v) is 6.50. The standard InChI is InChI=1S/C20H29N3O3S/c1-5-6-7-8-9-18-22-14(13-21-27)12-16(23-18)15-10-11-17(24-2)20(26-4)19(15)25-3/h10-12,21,27H,5-9,13H2,1-4H3. The number of unbranched alkanes of at least 4 members (excludes halogenated alkanes) is 3. The Balaban J connectivity index is 2.45. The van der Waals surface area contributed by atoms with Crippen molar-refractivity contribution in [3.8, 4) is 28.5 Å². The minimum Gasteiger partial charge on any atom is -0.493 e. The number of thiol groups is 1. The van der Waals surface area contributed by atoms with Gasteiger partial charge in [-0.2, -0.15) is 0 Å². The summed E-state index contributed by atoms with van der Waals surface area (Å²) in [6, 6.07) is 5.74. The summed E-state index contributed by atoms with van der Waals surface area (Å²) < 4.78 is 19.4. The fraction of sp³-hybridized carbons (Fsp3) is 0.500. The molecule has 0 saturated heterocycles. The van der Waals surface area contributed by atoms with Crippen LogP contribution in [-0.4, -0.2) is 31.3 Å². The van der Waals surface area contributed by atoms with Crippen molar-refractivity contribution in [3.05, 3.63) is 29.7 Å². The number of nitrogens with one attached hydrogen (secondary N) is 1. The monoisotopic (exact) mass is 391 g/mol. The zero-order valence-electron chi connectivity index (χ0n) is 16.5. The fourth-order valence-electron chi connectivity index (χ4n) is 2.99. The Kier molecular flexibility index (Phi) is 8.67. The molecule has 0 radical (unpaired) electrons. The first-order chi connectivity index (χ1) is 13.2. The highest BCUT2D eigenvalue weighted by Gasteiger charge is 2.19. The molecule has 0 bridgehead atoms. The largest absolute Gasteiger partial charge is 0.493 e. The Morgan fingerprint density at radius 1 is 0.963 bits per heavy atom. The maximum absolute atomic E-state index is 5.62. The Morgan fingerprint density at radius 2 is 1.74 bits per heavy atom. The quantitative estimate of drug-likeness (QED) is 0.441. The summed E-state index contributed by atoms with van der Waals surface area (Å²) in [6.07, 6.45) is 5.55. The summed E-state index contributed by atoms with van der Waals surface area (Å²) in [7, 11) is 4.82. The normalized spacial score (nSPS) is 10.7. The van der Waals surface area contributed by atoms with E-state index in [1.807, 2.05) is 18.2 Å². The molecule has 0 aliphatic carbocycles. The number of aryl methyl sites for hydroxylation is 1. The SMILES string of the molecule is CCCCCCc1nc(CNS)cc(-c2ccc(OC)c(OC)c2OC)n1. The van der Waals surface area contributed by atoms with Crippen LogP contribution in [0.25, 0.3) is 11.3 Å². The number of hydrogen-bond donors (Lipinski definition) is 2. The van der Waals surface area contributed by atoms with Gasteiger partial charge in [0, 0.05) is 18.5 Å². The van der Waals surface area contributed by atoms with E-state index in [0.717, 1.165) is 35.6 Å². The van der Waals surface area contributed by atoms with Crippen molar-refractivity contribution in [2.45, 2.75) is 45.6 Å². The predicted molar refractivity (Wildman–Crippen MR) is 111 cm³/mol. The molecule has 0 fully saturated rings. The summed E-state index contributed by atoms with van der Waals surface area (Å²) in [5.74, 6) is 2.59. The molecule has 0 unspecified atom stereocenters. The molecule has 148 valence electrons. The summed E-state index contributed by atoms with van der Waals surface area (Å²) in [5, 5.41) is 0. The molecule has 1 heterocycles. The van der Waals surface area contributed by atoms with Crippen molar-refractivity contribution in [1.82, 2.24) is 14.7 Å². The van der Waals surface area contributed by atoms with Gasteiger partial charge in [0.1, 0.15) is 5.82 Å². The number of methoxy groups -OCH3 is 3. The lowest BCUT2D eigenvalue weighted by Gasteiger charge is -2.16. The Morgan fingerprint density at radius 3 is 2.37 bits per heavy atom. The minimum absolute atomic E-state index is 0.550. The van der Waals surface area contributed by atoms with Crippen molar-refractivity contribution in [2.24, 2.45) is 0 Å². The van der Waals surface area contributed by atoms with Crippen molar-refractivity contribution < 1.29 is 14.2 Å². The second-order valence-electron chi connectivity index (χ2n) is 6.19. The minimum atomic E-state index is 0.550. The molecule has 6 nitrogen and oxygen atoms in total. The van der Waals surface area contributed by atoms with Crippen LogP contribution >= 0.6 is 12.8 Å². The molecule has 0 aliphatic heterocycles. The van der Waals surface area contributed by atoms with Crippen molar-refractivity contribution in [3.63, 3.8) is 0 Å². The first kappa shape index (κ1) is 21.3. The van der Waals surface area contributed by atoms with E-state index in [2.05, 4.69) is 29.4 Å². The van der Waals surface area contributed by atoms with Gasteiger partial charge in [-0.25, -0.2) is 9.97 Å². The van der Waals surface area contributed by atoms with E-state index in [4.69, 9.17) is 19.2 Å². The number of rotatable bonds is 11. The first-order valence-electron chi connectivity index (χ1n) is 9.21. The third kappa shape index (κ3) is 5.49. The predicted octanol–water partition coefficient (Wildman–Crippen LogP) is 4.23. The molecular formula is C20H29N3O3S. The van der Waals surface area contributed by atoms with Gasteiger partial charge in [0.05, 0.1) is 32.7 Å². The number of nitrogens with zero attached hydrogens (tertiary/aromatic N) is 2. The van der Waals surface area contributed by atoms with Gasteiger partial charge in [-0.3, -0.25) is 4.72 Å². The molecule has 1 aromatic heterocycles. The smallest absolute Gasteiger partial charge is 0.203 e. The van der Waals surface area contributed by atoms with Crippen LogP contribution in [0.2, 0.25) is 0 Å². The molecule has 2 rings (SSSR count). The van der Waals surface area contributed by atoms with Crippen LogP contribution in [0.1, 0.15) is 44.1 Å².